The van der Waals surface area contributed by atoms with Crippen LogP contribution in [0, 0.1) is 5.92 Å². The number of fused-ring (bicyclic) bond motifs is 1. The molecule has 1 aliphatic carbocycles. The highest BCUT2D eigenvalue weighted by Gasteiger charge is 2.26. The topological polar surface area (TPSA) is 91.4 Å². The van der Waals surface area contributed by atoms with Gasteiger partial charge in [-0.3, -0.25) is 9.59 Å². The monoisotopic (exact) mass is 462 g/mol. The number of hydrogen-bond donors (Lipinski definition) is 3. The maximum atomic E-state index is 12.7. The van der Waals surface area contributed by atoms with Crippen molar-refractivity contribution in [1.29, 1.82) is 0 Å². The first-order valence-electron chi connectivity index (χ1n) is 12.4. The molecule has 2 aromatic carbocycles. The van der Waals surface area contributed by atoms with Gasteiger partial charge in [0.05, 0.1) is 17.5 Å². The van der Waals surface area contributed by atoms with Gasteiger partial charge < -0.3 is 20.1 Å². The summed E-state index contributed by atoms with van der Waals surface area (Å²) in [5, 5.41) is 15.4. The molecule has 0 aliphatic heterocycles. The van der Waals surface area contributed by atoms with Crippen LogP contribution in [-0.2, 0) is 11.2 Å². The lowest BCUT2D eigenvalue weighted by atomic mass is 9.89. The van der Waals surface area contributed by atoms with Crippen molar-refractivity contribution in [3.8, 4) is 5.75 Å². The van der Waals surface area contributed by atoms with Crippen LogP contribution >= 0.6 is 0 Å². The van der Waals surface area contributed by atoms with Gasteiger partial charge in [0.2, 0.25) is 5.56 Å². The third kappa shape index (κ3) is 5.75. The number of aliphatic hydroxyl groups is 1. The molecule has 1 aliphatic rings. The van der Waals surface area contributed by atoms with Crippen molar-refractivity contribution in [2.75, 3.05) is 6.54 Å². The highest BCUT2D eigenvalue weighted by Crippen LogP contribution is 2.33. The van der Waals surface area contributed by atoms with Gasteiger partial charge >= 0.3 is 5.97 Å². The molecule has 0 amide bonds. The molecule has 1 fully saturated rings. The first-order chi connectivity index (χ1) is 16.6. The number of carbonyl (C=O) groups is 1. The lowest BCUT2D eigenvalue weighted by Gasteiger charge is -2.25. The average Bonchev–Trinajstić information content (AvgIpc) is 2.87. The number of aliphatic hydroxyl groups excluding tert-OH is 1. The minimum Gasteiger partial charge on any atom is -0.424 e. The maximum absolute atomic E-state index is 12.7. The summed E-state index contributed by atoms with van der Waals surface area (Å²) in [5.74, 6) is 0.000102. The largest absolute Gasteiger partial charge is 0.424 e. The molecule has 3 N–H and O–H groups in total. The van der Waals surface area contributed by atoms with Crippen LogP contribution in [0.3, 0.4) is 0 Å². The fourth-order valence-corrected chi connectivity index (χ4v) is 4.86. The molecule has 1 aromatic heterocycles. The van der Waals surface area contributed by atoms with Crippen molar-refractivity contribution in [1.82, 2.24) is 10.3 Å². The number of aromatic nitrogens is 1. The molecule has 0 saturated heterocycles. The molecule has 2 unspecified atom stereocenters. The van der Waals surface area contributed by atoms with E-state index in [4.69, 9.17) is 4.74 Å². The predicted octanol–water partition coefficient (Wildman–Crippen LogP) is 4.66. The van der Waals surface area contributed by atoms with Gasteiger partial charge in [-0.05, 0) is 55.5 Å². The lowest BCUT2D eigenvalue weighted by molar-refractivity contribution is -0.139. The maximum Gasteiger partial charge on any atom is 0.314 e. The summed E-state index contributed by atoms with van der Waals surface area (Å²) in [6.45, 7) is 2.78. The van der Waals surface area contributed by atoms with E-state index in [0.29, 0.717) is 22.2 Å². The van der Waals surface area contributed by atoms with E-state index in [0.717, 1.165) is 51.5 Å². The Bertz CT molecular complexity index is 1150. The summed E-state index contributed by atoms with van der Waals surface area (Å²) in [4.78, 5) is 27.6. The summed E-state index contributed by atoms with van der Waals surface area (Å²) in [5.41, 5.74) is 2.11. The summed E-state index contributed by atoms with van der Waals surface area (Å²) >= 11 is 0. The molecule has 1 heterocycles. The molecule has 0 spiro atoms. The van der Waals surface area contributed by atoms with Gasteiger partial charge in [0, 0.05) is 17.5 Å². The van der Waals surface area contributed by atoms with Crippen LogP contribution in [0.2, 0.25) is 0 Å². The van der Waals surface area contributed by atoms with Crippen molar-refractivity contribution in [2.24, 2.45) is 5.92 Å². The predicted molar refractivity (Wildman–Crippen MR) is 134 cm³/mol. The Kier molecular flexibility index (Phi) is 8.14. The summed E-state index contributed by atoms with van der Waals surface area (Å²) in [6.07, 6.45) is 5.75. The number of benzene rings is 2. The second kappa shape index (κ2) is 11.4. The normalized spacial score (nSPS) is 16.3. The van der Waals surface area contributed by atoms with Crippen LogP contribution in [0.5, 0.6) is 5.75 Å². The fourth-order valence-electron chi connectivity index (χ4n) is 4.86. The first kappa shape index (κ1) is 24.2. The second-order valence-electron chi connectivity index (χ2n) is 9.17. The Labute approximate surface area is 200 Å². The van der Waals surface area contributed by atoms with E-state index in [1.54, 1.807) is 18.2 Å². The van der Waals surface area contributed by atoms with Crippen LogP contribution < -0.4 is 15.6 Å². The number of carbonyl (C=O) groups excluding carboxylic acids is 1. The lowest BCUT2D eigenvalue weighted by Crippen LogP contribution is -2.36. The third-order valence-electron chi connectivity index (χ3n) is 6.84. The van der Waals surface area contributed by atoms with E-state index >= 15 is 0 Å². The molecule has 34 heavy (non-hydrogen) atoms. The highest BCUT2D eigenvalue weighted by atomic mass is 16.5. The van der Waals surface area contributed by atoms with E-state index in [9.17, 15) is 14.7 Å². The van der Waals surface area contributed by atoms with E-state index in [2.05, 4.69) is 22.4 Å². The van der Waals surface area contributed by atoms with Gasteiger partial charge in [0.25, 0.3) is 0 Å². The van der Waals surface area contributed by atoms with Gasteiger partial charge in [0.1, 0.15) is 0 Å². The Balaban J connectivity index is 1.53. The number of ether oxygens (including phenoxy) is 1. The zero-order valence-electron chi connectivity index (χ0n) is 19.8. The van der Waals surface area contributed by atoms with Crippen molar-refractivity contribution < 1.29 is 14.6 Å². The quantitative estimate of drug-likeness (QED) is 0.318. The second-order valence-corrected chi connectivity index (χ2v) is 9.17. The molecule has 3 aromatic rings. The smallest absolute Gasteiger partial charge is 0.314 e. The SMILES string of the molecule is CCC(NCCc1ccccc1)C(O)c1ccc(OC(=O)C2CCCCC2)c2[nH]c(=O)ccc12. The first-order valence-corrected chi connectivity index (χ1v) is 12.4. The molecule has 1 saturated carbocycles. The van der Waals surface area contributed by atoms with Crippen LogP contribution in [0.15, 0.2) is 59.4 Å². The molecule has 0 radical (unpaired) electrons. The van der Waals surface area contributed by atoms with Crippen molar-refractivity contribution in [2.45, 2.75) is 64.0 Å². The Hall–Kier alpha value is -2.96. The Morgan fingerprint density at radius 2 is 1.85 bits per heavy atom. The van der Waals surface area contributed by atoms with E-state index in [1.807, 2.05) is 25.1 Å². The minimum absolute atomic E-state index is 0.0946. The Morgan fingerprint density at radius 3 is 2.59 bits per heavy atom. The summed E-state index contributed by atoms with van der Waals surface area (Å²) in [6, 6.07) is 16.7. The standard InChI is InChI=1S/C28H34N2O4/c1-2-23(29-18-17-19-9-5-3-6-10-19)27(32)22-13-15-24(26-21(22)14-16-25(31)30-26)34-28(33)20-11-7-4-8-12-20/h3,5-6,9-10,13-16,20,23,27,29,32H,2,4,7-8,11-12,17-18H2,1H3,(H,30,31). The number of hydrogen-bond acceptors (Lipinski definition) is 5. The van der Waals surface area contributed by atoms with Gasteiger partial charge in [-0.1, -0.05) is 62.6 Å². The molecular weight excluding hydrogens is 428 g/mol. The average molecular weight is 463 g/mol. The molecule has 4 rings (SSSR count). The van der Waals surface area contributed by atoms with Crippen LogP contribution in [0.4, 0.5) is 0 Å². The molecular formula is C28H34N2O4. The van der Waals surface area contributed by atoms with Crippen LogP contribution in [0.25, 0.3) is 10.9 Å². The van der Waals surface area contributed by atoms with E-state index < -0.39 is 6.10 Å². The fraction of sp³-hybridized carbons (Fsp3) is 0.429. The van der Waals surface area contributed by atoms with Crippen molar-refractivity contribution in [3.05, 3.63) is 76.1 Å². The summed E-state index contributed by atoms with van der Waals surface area (Å²) < 4.78 is 5.75. The molecule has 6 nitrogen and oxygen atoms in total. The number of aromatic amines is 1. The van der Waals surface area contributed by atoms with Crippen LogP contribution in [-0.4, -0.2) is 28.6 Å². The minimum atomic E-state index is -0.780. The number of pyridine rings is 1. The zero-order valence-corrected chi connectivity index (χ0v) is 19.8. The third-order valence-corrected chi connectivity index (χ3v) is 6.84. The highest BCUT2D eigenvalue weighted by molar-refractivity contribution is 5.90. The van der Waals surface area contributed by atoms with Gasteiger partial charge in [-0.2, -0.15) is 0 Å². The van der Waals surface area contributed by atoms with E-state index in [-0.39, 0.29) is 23.5 Å². The van der Waals surface area contributed by atoms with E-state index in [1.165, 1.54) is 11.6 Å². The molecule has 6 heteroatoms. The van der Waals surface area contributed by atoms with Gasteiger partial charge in [-0.15, -0.1) is 0 Å². The van der Waals surface area contributed by atoms with Crippen molar-refractivity contribution in [3.63, 3.8) is 0 Å². The summed E-state index contributed by atoms with van der Waals surface area (Å²) in [7, 11) is 0. The van der Waals surface area contributed by atoms with Crippen LogP contribution in [0.1, 0.15) is 62.7 Å². The number of esters is 1. The number of H-pyrrole nitrogens is 1. The molecule has 180 valence electrons. The zero-order chi connectivity index (χ0) is 23.9. The number of nitrogens with one attached hydrogen (secondary N) is 2. The molecule has 0 bridgehead atoms. The molecule has 2 atom stereocenters. The Morgan fingerprint density at radius 1 is 1.09 bits per heavy atom. The van der Waals surface area contributed by atoms with Gasteiger partial charge in [-0.25, -0.2) is 0 Å². The van der Waals surface area contributed by atoms with Gasteiger partial charge in [0.15, 0.2) is 5.75 Å². The number of rotatable bonds is 9. The van der Waals surface area contributed by atoms with Crippen molar-refractivity contribution >= 4 is 16.9 Å².